The molecule has 138 valence electrons. The lowest BCUT2D eigenvalue weighted by atomic mass is 10.1. The molecular weight excluding hydrogens is 353 g/mol. The molecule has 0 aliphatic rings. The van der Waals surface area contributed by atoms with E-state index in [9.17, 15) is 28.1 Å². The molecule has 26 heavy (non-hydrogen) atoms. The monoisotopic (exact) mass is 368 g/mol. The first-order chi connectivity index (χ1) is 12.1. The Hall–Kier alpha value is -3.10. The van der Waals surface area contributed by atoms with Gasteiger partial charge in [-0.1, -0.05) is 18.2 Å². The van der Waals surface area contributed by atoms with Crippen LogP contribution in [-0.2, 0) is 11.0 Å². The third kappa shape index (κ3) is 4.50. The highest BCUT2D eigenvalue weighted by atomic mass is 19.4. The van der Waals surface area contributed by atoms with Crippen LogP contribution in [0.25, 0.3) is 0 Å². The lowest BCUT2D eigenvalue weighted by molar-refractivity contribution is -0.386. The van der Waals surface area contributed by atoms with Crippen molar-refractivity contribution in [3.8, 4) is 5.75 Å². The minimum Gasteiger partial charge on any atom is -0.474 e. The number of hydrogen-bond acceptors (Lipinski definition) is 4. The minimum atomic E-state index is -4.64. The van der Waals surface area contributed by atoms with Gasteiger partial charge in [-0.15, -0.1) is 0 Å². The maximum absolute atomic E-state index is 13.0. The normalized spacial score (nSPS) is 12.3. The molecule has 0 spiro atoms. The van der Waals surface area contributed by atoms with E-state index in [2.05, 4.69) is 5.32 Å². The van der Waals surface area contributed by atoms with Crippen LogP contribution in [0.1, 0.15) is 18.1 Å². The van der Waals surface area contributed by atoms with Gasteiger partial charge < -0.3 is 10.1 Å². The van der Waals surface area contributed by atoms with Crippen molar-refractivity contribution in [1.82, 2.24) is 0 Å². The molecule has 2 aromatic carbocycles. The average molecular weight is 368 g/mol. The Kier molecular flexibility index (Phi) is 5.49. The molecule has 2 aromatic rings. The molecule has 1 N–H and O–H groups in total. The van der Waals surface area contributed by atoms with Gasteiger partial charge in [0.2, 0.25) is 0 Å². The number of para-hydroxylation sites is 1. The van der Waals surface area contributed by atoms with Crippen molar-refractivity contribution >= 4 is 17.3 Å². The van der Waals surface area contributed by atoms with Gasteiger partial charge in [-0.05, 0) is 37.6 Å². The maximum Gasteiger partial charge on any atom is 0.418 e. The molecule has 9 heteroatoms. The molecule has 0 saturated carbocycles. The number of ether oxygens (including phenoxy) is 1. The molecule has 0 fully saturated rings. The van der Waals surface area contributed by atoms with Crippen LogP contribution in [0.15, 0.2) is 42.5 Å². The smallest absolute Gasteiger partial charge is 0.418 e. The largest absolute Gasteiger partial charge is 0.474 e. The second-order valence-corrected chi connectivity index (χ2v) is 5.52. The number of nitrogens with one attached hydrogen (secondary N) is 1. The maximum atomic E-state index is 13.0. The van der Waals surface area contributed by atoms with Crippen molar-refractivity contribution in [3.05, 3.63) is 63.7 Å². The number of nitrogens with zero attached hydrogens (tertiary/aromatic N) is 1. The highest BCUT2D eigenvalue weighted by Crippen LogP contribution is 2.35. The van der Waals surface area contributed by atoms with Crippen molar-refractivity contribution in [3.63, 3.8) is 0 Å². The predicted octanol–water partition coefficient (Wildman–Crippen LogP) is 4.33. The summed E-state index contributed by atoms with van der Waals surface area (Å²) in [5, 5.41) is 13.2. The second-order valence-electron chi connectivity index (χ2n) is 5.52. The molecule has 0 saturated heterocycles. The summed E-state index contributed by atoms with van der Waals surface area (Å²) in [6, 6.07) is 8.68. The fraction of sp³-hybridized carbons (Fsp3) is 0.235. The number of carbonyl (C=O) groups excluding carboxylic acids is 1. The second kappa shape index (κ2) is 7.42. The Morgan fingerprint density at radius 3 is 2.50 bits per heavy atom. The van der Waals surface area contributed by atoms with Gasteiger partial charge in [0, 0.05) is 6.07 Å². The molecule has 6 nitrogen and oxygen atoms in total. The minimum absolute atomic E-state index is 0.146. The predicted molar refractivity (Wildman–Crippen MR) is 88.0 cm³/mol. The van der Waals surface area contributed by atoms with Gasteiger partial charge in [0.25, 0.3) is 5.91 Å². The molecule has 0 unspecified atom stereocenters. The van der Waals surface area contributed by atoms with Gasteiger partial charge in [-0.25, -0.2) is 0 Å². The summed E-state index contributed by atoms with van der Waals surface area (Å²) in [5.41, 5.74) is -1.12. The zero-order valence-corrected chi connectivity index (χ0v) is 13.8. The summed E-state index contributed by atoms with van der Waals surface area (Å²) < 4.78 is 44.2. The number of carbonyl (C=O) groups is 1. The van der Waals surface area contributed by atoms with Gasteiger partial charge in [0.05, 0.1) is 16.2 Å². The Labute approximate surface area is 146 Å². The van der Waals surface area contributed by atoms with Gasteiger partial charge >= 0.3 is 11.9 Å². The van der Waals surface area contributed by atoms with E-state index in [1.54, 1.807) is 13.0 Å². The molecule has 1 amide bonds. The molecular formula is C17H15F3N2O4. The van der Waals surface area contributed by atoms with Crippen molar-refractivity contribution in [1.29, 1.82) is 0 Å². The van der Waals surface area contributed by atoms with Crippen molar-refractivity contribution in [2.75, 3.05) is 5.32 Å². The van der Waals surface area contributed by atoms with Crippen LogP contribution in [0.2, 0.25) is 0 Å². The van der Waals surface area contributed by atoms with E-state index in [1.165, 1.54) is 31.2 Å². The lowest BCUT2D eigenvalue weighted by Gasteiger charge is -2.17. The van der Waals surface area contributed by atoms with Gasteiger partial charge in [0.15, 0.2) is 11.9 Å². The molecule has 0 aliphatic carbocycles. The first kappa shape index (κ1) is 19.2. The molecule has 1 atom stereocenters. The molecule has 0 aliphatic heterocycles. The summed E-state index contributed by atoms with van der Waals surface area (Å²) in [6.07, 6.45) is -5.89. The Morgan fingerprint density at radius 2 is 1.88 bits per heavy atom. The summed E-state index contributed by atoms with van der Waals surface area (Å²) in [6.45, 7) is 2.94. The van der Waals surface area contributed by atoms with Crippen LogP contribution in [-0.4, -0.2) is 16.9 Å². The van der Waals surface area contributed by atoms with Gasteiger partial charge in [-0.3, -0.25) is 14.9 Å². The van der Waals surface area contributed by atoms with Crippen LogP contribution in [0.3, 0.4) is 0 Å². The van der Waals surface area contributed by atoms with Crippen molar-refractivity contribution in [2.24, 2.45) is 0 Å². The number of benzene rings is 2. The molecule has 0 bridgehead atoms. The number of aryl methyl sites for hydroxylation is 1. The molecule has 0 radical (unpaired) electrons. The Morgan fingerprint density at radius 1 is 1.23 bits per heavy atom. The number of amides is 1. The number of halogens is 3. The fourth-order valence-corrected chi connectivity index (χ4v) is 2.19. The van der Waals surface area contributed by atoms with Gasteiger partial charge in [0.1, 0.15) is 0 Å². The highest BCUT2D eigenvalue weighted by Gasteiger charge is 2.34. The first-order valence-electron chi connectivity index (χ1n) is 7.48. The SMILES string of the molecule is Cc1ccc(O[C@@H](C)C(=O)Nc2ccccc2C(F)(F)F)c([N+](=O)[O-])c1. The number of alkyl halides is 3. The number of hydrogen-bond donors (Lipinski definition) is 1. The van der Waals surface area contributed by atoms with Crippen LogP contribution < -0.4 is 10.1 Å². The average Bonchev–Trinajstić information content (AvgIpc) is 2.55. The van der Waals surface area contributed by atoms with Crippen molar-refractivity contribution in [2.45, 2.75) is 26.1 Å². The van der Waals surface area contributed by atoms with E-state index >= 15 is 0 Å². The molecule has 2 rings (SSSR count). The molecule has 0 aromatic heterocycles. The van der Waals surface area contributed by atoms with E-state index in [1.807, 2.05) is 0 Å². The Bertz CT molecular complexity index is 837. The zero-order valence-electron chi connectivity index (χ0n) is 13.8. The van der Waals surface area contributed by atoms with E-state index in [0.29, 0.717) is 5.56 Å². The highest BCUT2D eigenvalue weighted by molar-refractivity contribution is 5.95. The quantitative estimate of drug-likeness (QED) is 0.629. The number of anilines is 1. The molecule has 0 heterocycles. The number of nitro benzene ring substituents is 1. The van der Waals surface area contributed by atoms with E-state index in [0.717, 1.165) is 12.1 Å². The Balaban J connectivity index is 2.19. The third-order valence-electron chi connectivity index (χ3n) is 3.47. The summed E-state index contributed by atoms with van der Waals surface area (Å²) in [4.78, 5) is 22.6. The summed E-state index contributed by atoms with van der Waals surface area (Å²) in [5.74, 6) is -1.01. The summed E-state index contributed by atoms with van der Waals surface area (Å²) in [7, 11) is 0. The fourth-order valence-electron chi connectivity index (χ4n) is 2.19. The number of nitro groups is 1. The third-order valence-corrected chi connectivity index (χ3v) is 3.47. The van der Waals surface area contributed by atoms with Crippen LogP contribution >= 0.6 is 0 Å². The standard InChI is InChI=1S/C17H15F3N2O4/c1-10-7-8-15(14(9-10)22(24)25)26-11(2)16(23)21-13-6-4-3-5-12(13)17(18,19)20/h3-9,11H,1-2H3,(H,21,23)/t11-/m0/s1. The van der Waals surface area contributed by atoms with Crippen LogP contribution in [0, 0.1) is 17.0 Å². The first-order valence-corrected chi connectivity index (χ1v) is 7.48. The van der Waals surface area contributed by atoms with Crippen LogP contribution in [0.5, 0.6) is 5.75 Å². The van der Waals surface area contributed by atoms with E-state index in [-0.39, 0.29) is 11.4 Å². The van der Waals surface area contributed by atoms with Gasteiger partial charge in [-0.2, -0.15) is 13.2 Å². The van der Waals surface area contributed by atoms with Crippen LogP contribution in [0.4, 0.5) is 24.5 Å². The topological polar surface area (TPSA) is 81.5 Å². The van der Waals surface area contributed by atoms with Crippen molar-refractivity contribution < 1.29 is 27.6 Å². The van der Waals surface area contributed by atoms with E-state index < -0.39 is 34.4 Å². The van der Waals surface area contributed by atoms with E-state index in [4.69, 9.17) is 4.74 Å². The zero-order chi connectivity index (χ0) is 19.5. The summed E-state index contributed by atoms with van der Waals surface area (Å²) >= 11 is 0. The number of rotatable bonds is 5. The lowest BCUT2D eigenvalue weighted by Crippen LogP contribution is -2.31.